The number of nitrogens with one attached hydrogen (secondary N) is 2. The van der Waals surface area contributed by atoms with Gasteiger partial charge in [0, 0.05) is 5.70 Å². The summed E-state index contributed by atoms with van der Waals surface area (Å²) >= 11 is 0. The number of carbonyl (C=O) groups excluding carboxylic acids is 2. The highest BCUT2D eigenvalue weighted by Gasteiger charge is 2.25. The third-order valence-corrected chi connectivity index (χ3v) is 1.48. The van der Waals surface area contributed by atoms with E-state index in [0.29, 0.717) is 0 Å². The molecule has 0 atom stereocenters. The number of aliphatic carboxylic acids is 1. The van der Waals surface area contributed by atoms with Crippen LogP contribution in [-0.4, -0.2) is 23.0 Å². The Kier molecular flexibility index (Phi) is 2.17. The molecule has 0 saturated carbocycles. The molecule has 0 spiro atoms. The molecule has 6 heteroatoms. The molecule has 0 aromatic carbocycles. The zero-order valence-electron chi connectivity index (χ0n) is 6.67. The van der Waals surface area contributed by atoms with E-state index in [4.69, 9.17) is 5.11 Å². The molecule has 0 radical (unpaired) electrons. The van der Waals surface area contributed by atoms with E-state index in [0.717, 1.165) is 0 Å². The first kappa shape index (κ1) is 9.02. The standard InChI is InChI=1S/C7H6N2O4/c1-3-5(6(11)12)4(2-10)9-7(13)8-3/h1H3,(H,11,12)(H2,8,9,13). The third-order valence-electron chi connectivity index (χ3n) is 1.48. The molecule has 0 aromatic rings. The lowest BCUT2D eigenvalue weighted by Gasteiger charge is -2.17. The predicted octanol–water partition coefficient (Wildman–Crippen LogP) is -0.627. The Hall–Kier alpha value is -2.07. The lowest BCUT2D eigenvalue weighted by atomic mass is 10.1. The maximum atomic E-state index is 10.8. The van der Waals surface area contributed by atoms with Gasteiger partial charge in [-0.15, -0.1) is 0 Å². The molecular weight excluding hydrogens is 176 g/mol. The zero-order chi connectivity index (χ0) is 10.0. The molecule has 6 nitrogen and oxygen atoms in total. The van der Waals surface area contributed by atoms with Crippen molar-refractivity contribution in [3.63, 3.8) is 0 Å². The molecule has 1 aliphatic heterocycles. The average Bonchev–Trinajstić information content (AvgIpc) is 2.01. The van der Waals surface area contributed by atoms with E-state index in [2.05, 4.69) is 5.32 Å². The Balaban J connectivity index is 3.26. The molecule has 1 heterocycles. The zero-order valence-corrected chi connectivity index (χ0v) is 6.67. The smallest absolute Gasteiger partial charge is 0.340 e. The average molecular weight is 182 g/mol. The van der Waals surface area contributed by atoms with Gasteiger partial charge in [0.15, 0.2) is 5.94 Å². The van der Waals surface area contributed by atoms with E-state index in [1.807, 2.05) is 5.32 Å². The summed E-state index contributed by atoms with van der Waals surface area (Å²) in [5.74, 6) is 0.0636. The van der Waals surface area contributed by atoms with E-state index in [1.165, 1.54) is 12.9 Å². The Morgan fingerprint density at radius 3 is 2.54 bits per heavy atom. The highest BCUT2D eigenvalue weighted by molar-refractivity contribution is 6.00. The lowest BCUT2D eigenvalue weighted by molar-refractivity contribution is -0.132. The Morgan fingerprint density at radius 2 is 2.08 bits per heavy atom. The van der Waals surface area contributed by atoms with Gasteiger partial charge in [0.1, 0.15) is 11.3 Å². The summed E-state index contributed by atoms with van der Waals surface area (Å²) in [6.45, 7) is 1.39. The van der Waals surface area contributed by atoms with Crippen molar-refractivity contribution in [3.8, 4) is 0 Å². The number of rotatable bonds is 1. The van der Waals surface area contributed by atoms with Crippen molar-refractivity contribution in [2.75, 3.05) is 0 Å². The van der Waals surface area contributed by atoms with E-state index >= 15 is 0 Å². The molecule has 0 fully saturated rings. The first-order valence-corrected chi connectivity index (χ1v) is 3.34. The van der Waals surface area contributed by atoms with Crippen LogP contribution in [0.2, 0.25) is 0 Å². The number of hydrogen-bond donors (Lipinski definition) is 3. The molecule has 0 saturated heterocycles. The molecule has 2 amide bonds. The highest BCUT2D eigenvalue weighted by Crippen LogP contribution is 2.12. The molecule has 1 aliphatic rings. The van der Waals surface area contributed by atoms with Gasteiger partial charge in [0.25, 0.3) is 0 Å². The van der Waals surface area contributed by atoms with Crippen LogP contribution < -0.4 is 10.6 Å². The summed E-state index contributed by atoms with van der Waals surface area (Å²) in [6.07, 6.45) is 0. The van der Waals surface area contributed by atoms with E-state index < -0.39 is 12.0 Å². The van der Waals surface area contributed by atoms with Crippen LogP contribution in [0.1, 0.15) is 6.92 Å². The van der Waals surface area contributed by atoms with Crippen LogP contribution in [0.15, 0.2) is 17.0 Å². The minimum Gasteiger partial charge on any atom is -0.478 e. The van der Waals surface area contributed by atoms with Crippen molar-refractivity contribution in [1.82, 2.24) is 10.6 Å². The Labute approximate surface area is 72.9 Å². The first-order chi connectivity index (χ1) is 6.06. The Bertz CT molecular complexity index is 363. The van der Waals surface area contributed by atoms with Crippen LogP contribution in [0.5, 0.6) is 0 Å². The van der Waals surface area contributed by atoms with Gasteiger partial charge in [-0.2, -0.15) is 0 Å². The minimum atomic E-state index is -1.29. The van der Waals surface area contributed by atoms with Crippen molar-refractivity contribution in [2.45, 2.75) is 6.92 Å². The van der Waals surface area contributed by atoms with Crippen molar-refractivity contribution in [1.29, 1.82) is 0 Å². The fourth-order valence-corrected chi connectivity index (χ4v) is 0.971. The second-order valence-corrected chi connectivity index (χ2v) is 2.36. The number of carbonyl (C=O) groups is 2. The second-order valence-electron chi connectivity index (χ2n) is 2.36. The number of allylic oxidation sites excluding steroid dienone is 1. The number of carboxylic acids is 1. The third kappa shape index (κ3) is 1.57. The molecule has 0 aliphatic carbocycles. The quantitative estimate of drug-likeness (QED) is 0.470. The van der Waals surface area contributed by atoms with Crippen LogP contribution in [-0.2, 0) is 9.59 Å². The normalized spacial score (nSPS) is 16.1. The minimum absolute atomic E-state index is 0.120. The lowest BCUT2D eigenvalue weighted by Crippen LogP contribution is -2.41. The van der Waals surface area contributed by atoms with Crippen LogP contribution in [0.3, 0.4) is 0 Å². The molecule has 0 unspecified atom stereocenters. The number of hydrogen-bond acceptors (Lipinski definition) is 3. The molecular formula is C7H6N2O4. The second kappa shape index (κ2) is 3.12. The van der Waals surface area contributed by atoms with Gasteiger partial charge >= 0.3 is 12.0 Å². The monoisotopic (exact) mass is 182 g/mol. The number of urea groups is 1. The van der Waals surface area contributed by atoms with E-state index in [1.54, 1.807) is 0 Å². The van der Waals surface area contributed by atoms with Crippen molar-refractivity contribution < 1.29 is 19.5 Å². The summed E-state index contributed by atoms with van der Waals surface area (Å²) < 4.78 is 0. The first-order valence-electron chi connectivity index (χ1n) is 3.34. The number of amides is 2. The summed E-state index contributed by atoms with van der Waals surface area (Å²) in [5.41, 5.74) is -0.502. The maximum absolute atomic E-state index is 10.8. The van der Waals surface area contributed by atoms with Crippen molar-refractivity contribution >= 4 is 17.9 Å². The molecule has 0 bridgehead atoms. The Morgan fingerprint density at radius 1 is 1.46 bits per heavy atom. The molecule has 0 aromatic heterocycles. The molecule has 1 rings (SSSR count). The van der Waals surface area contributed by atoms with Crippen LogP contribution >= 0.6 is 0 Å². The van der Waals surface area contributed by atoms with Crippen LogP contribution in [0, 0.1) is 0 Å². The van der Waals surface area contributed by atoms with E-state index in [9.17, 15) is 14.4 Å². The molecule has 3 N–H and O–H groups in total. The SMILES string of the molecule is CC1=C(C(=O)O)C(=C=O)NC(=O)N1. The molecule has 13 heavy (non-hydrogen) atoms. The van der Waals surface area contributed by atoms with Gasteiger partial charge < -0.3 is 10.4 Å². The fraction of sp³-hybridized carbons (Fsp3) is 0.143. The summed E-state index contributed by atoms with van der Waals surface area (Å²) in [5, 5.41) is 12.9. The van der Waals surface area contributed by atoms with Crippen molar-refractivity contribution in [3.05, 3.63) is 17.0 Å². The largest absolute Gasteiger partial charge is 0.478 e. The summed E-state index contributed by atoms with van der Waals surface area (Å²) in [7, 11) is 0. The van der Waals surface area contributed by atoms with Gasteiger partial charge in [0.05, 0.1) is 0 Å². The van der Waals surface area contributed by atoms with Crippen LogP contribution in [0.4, 0.5) is 4.79 Å². The van der Waals surface area contributed by atoms with Crippen molar-refractivity contribution in [2.24, 2.45) is 0 Å². The van der Waals surface area contributed by atoms with Crippen LogP contribution in [0.25, 0.3) is 0 Å². The van der Waals surface area contributed by atoms with Gasteiger partial charge in [-0.1, -0.05) is 0 Å². The van der Waals surface area contributed by atoms with Gasteiger partial charge in [-0.3, -0.25) is 5.32 Å². The maximum Gasteiger partial charge on any atom is 0.340 e. The summed E-state index contributed by atoms with van der Waals surface area (Å²) in [4.78, 5) is 31.6. The number of carboxylic acid groups (broad SMARTS) is 1. The van der Waals surface area contributed by atoms with Gasteiger partial charge in [-0.05, 0) is 6.92 Å². The van der Waals surface area contributed by atoms with E-state index in [-0.39, 0.29) is 17.0 Å². The fourth-order valence-electron chi connectivity index (χ4n) is 0.971. The van der Waals surface area contributed by atoms with Gasteiger partial charge in [-0.25, -0.2) is 14.4 Å². The van der Waals surface area contributed by atoms with Gasteiger partial charge in [0.2, 0.25) is 0 Å². The highest BCUT2D eigenvalue weighted by atomic mass is 16.4. The molecule has 68 valence electrons. The topological polar surface area (TPSA) is 95.5 Å². The predicted molar refractivity (Wildman–Crippen MR) is 41.2 cm³/mol. The summed E-state index contributed by atoms with van der Waals surface area (Å²) in [6, 6.07) is -0.638.